The predicted octanol–water partition coefficient (Wildman–Crippen LogP) is 2.23. The van der Waals surface area contributed by atoms with E-state index in [4.69, 9.17) is 4.74 Å². The Morgan fingerprint density at radius 2 is 2.44 bits per heavy atom. The zero-order valence-corrected chi connectivity index (χ0v) is 12.7. The minimum atomic E-state index is -0.0310. The highest BCUT2D eigenvalue weighted by molar-refractivity contribution is 14.2. The molecule has 0 spiro atoms. The van der Waals surface area contributed by atoms with Crippen molar-refractivity contribution in [3.8, 4) is 11.2 Å². The number of carbonyl (C=O) groups excluding carboxylic acids is 1. The van der Waals surface area contributed by atoms with Gasteiger partial charge in [0.05, 0.1) is 24.5 Å². The lowest BCUT2D eigenvalue weighted by Crippen LogP contribution is -2.45. The first-order valence-electron chi connectivity index (χ1n) is 5.37. The fourth-order valence-corrected chi connectivity index (χ4v) is 2.12. The van der Waals surface area contributed by atoms with Gasteiger partial charge in [0, 0.05) is 21.2 Å². The van der Waals surface area contributed by atoms with Crippen molar-refractivity contribution in [1.29, 1.82) is 0 Å². The molecule has 1 saturated heterocycles. The number of morpholine rings is 1. The molecule has 1 atom stereocenters. The summed E-state index contributed by atoms with van der Waals surface area (Å²) in [6.07, 6.45) is 1.73. The largest absolute Gasteiger partial charge is 0.367 e. The van der Waals surface area contributed by atoms with Crippen molar-refractivity contribution in [2.45, 2.75) is 13.0 Å². The summed E-state index contributed by atoms with van der Waals surface area (Å²) in [6.45, 7) is 2.65. The monoisotopic (exact) mass is 374 g/mol. The molecule has 0 bridgehead atoms. The highest BCUT2D eigenvalue weighted by Crippen LogP contribution is 2.17. The molecule has 0 aromatic carbocycles. The van der Waals surface area contributed by atoms with Gasteiger partial charge in [-0.1, -0.05) is 0 Å². The maximum Gasteiger partial charge on any atom is 0.253 e. The van der Waals surface area contributed by atoms with E-state index in [-0.39, 0.29) is 18.6 Å². The van der Waals surface area contributed by atoms with Crippen molar-refractivity contribution in [3.05, 3.63) is 24.0 Å². The van der Waals surface area contributed by atoms with Crippen LogP contribution in [0.2, 0.25) is 0 Å². The topological polar surface area (TPSA) is 42.4 Å². The molecule has 4 nitrogen and oxygen atoms in total. The Kier molecular flexibility index (Phi) is 4.86. The molecule has 94 valence electrons. The van der Waals surface area contributed by atoms with E-state index in [9.17, 15) is 4.79 Å². The van der Waals surface area contributed by atoms with E-state index in [0.717, 1.165) is 5.69 Å². The van der Waals surface area contributed by atoms with Crippen LogP contribution in [0.3, 0.4) is 0 Å². The summed E-state index contributed by atoms with van der Waals surface area (Å²) >= 11 is 2.11. The van der Waals surface area contributed by atoms with Gasteiger partial charge in [0.2, 0.25) is 0 Å². The lowest BCUT2D eigenvalue weighted by Gasteiger charge is -2.30. The van der Waals surface area contributed by atoms with Crippen LogP contribution in [0.1, 0.15) is 12.6 Å². The number of hydrogen-bond acceptors (Lipinski definition) is 4. The van der Waals surface area contributed by atoms with E-state index in [1.165, 1.54) is 8.93 Å². The average molecular weight is 374 g/mol. The zero-order valence-electron chi connectivity index (χ0n) is 9.72. The van der Waals surface area contributed by atoms with Gasteiger partial charge in [-0.3, -0.25) is 4.79 Å². The third kappa shape index (κ3) is 3.37. The Balaban J connectivity index is 2.15. The minimum Gasteiger partial charge on any atom is -0.367 e. The number of nitrogens with zero attached hydrogens (tertiary/aromatic N) is 2. The molecule has 18 heavy (non-hydrogen) atoms. The molecule has 0 N–H and O–H groups in total. The SMILES string of the molecule is CC1CN(c2ccc(C#CSI)nc2)C(=O)CO1. The van der Waals surface area contributed by atoms with Crippen LogP contribution in [0.25, 0.3) is 0 Å². The van der Waals surface area contributed by atoms with Crippen LogP contribution < -0.4 is 4.90 Å². The van der Waals surface area contributed by atoms with Crippen molar-refractivity contribution in [1.82, 2.24) is 4.98 Å². The molecule has 0 aliphatic carbocycles. The first-order chi connectivity index (χ1) is 8.70. The maximum atomic E-state index is 11.7. The Hall–Kier alpha value is -0.780. The number of amides is 1. The minimum absolute atomic E-state index is 0.0310. The molecule has 2 rings (SSSR count). The van der Waals surface area contributed by atoms with Gasteiger partial charge in [0.15, 0.2) is 0 Å². The zero-order chi connectivity index (χ0) is 13.0. The first-order valence-corrected chi connectivity index (χ1v) is 8.73. The van der Waals surface area contributed by atoms with Gasteiger partial charge in [-0.2, -0.15) is 0 Å². The molecule has 1 aliphatic heterocycles. The molecule has 2 heterocycles. The number of anilines is 1. The Morgan fingerprint density at radius 1 is 1.61 bits per heavy atom. The molecular formula is C12H11IN2O2S. The fraction of sp³-hybridized carbons (Fsp3) is 0.333. The second-order valence-corrected chi connectivity index (χ2v) is 5.51. The highest BCUT2D eigenvalue weighted by Gasteiger charge is 2.24. The number of halogens is 1. The van der Waals surface area contributed by atoms with E-state index >= 15 is 0 Å². The van der Waals surface area contributed by atoms with Gasteiger partial charge in [-0.05, 0) is 39.2 Å². The van der Waals surface area contributed by atoms with Crippen molar-refractivity contribution < 1.29 is 9.53 Å². The summed E-state index contributed by atoms with van der Waals surface area (Å²) in [5.74, 6) is 2.88. The smallest absolute Gasteiger partial charge is 0.253 e. The second kappa shape index (κ2) is 6.41. The quantitative estimate of drug-likeness (QED) is 0.559. The normalized spacial score (nSPS) is 19.3. The summed E-state index contributed by atoms with van der Waals surface area (Å²) in [6, 6.07) is 3.69. The Bertz CT molecular complexity index is 495. The summed E-state index contributed by atoms with van der Waals surface area (Å²) in [7, 11) is 1.42. The fourth-order valence-electron chi connectivity index (χ4n) is 1.64. The Morgan fingerprint density at radius 3 is 3.11 bits per heavy atom. The summed E-state index contributed by atoms with van der Waals surface area (Å²) in [5.41, 5.74) is 1.50. The van der Waals surface area contributed by atoms with Crippen LogP contribution in [0.5, 0.6) is 0 Å². The summed E-state index contributed by atoms with van der Waals surface area (Å²) < 4.78 is 5.28. The van der Waals surface area contributed by atoms with Crippen LogP contribution in [-0.4, -0.2) is 30.1 Å². The van der Waals surface area contributed by atoms with E-state index in [1.54, 1.807) is 11.1 Å². The lowest BCUT2D eigenvalue weighted by molar-refractivity contribution is -0.128. The van der Waals surface area contributed by atoms with Crippen LogP contribution >= 0.6 is 30.1 Å². The molecule has 1 aliphatic rings. The van der Waals surface area contributed by atoms with Gasteiger partial charge in [-0.25, -0.2) is 4.98 Å². The molecule has 0 radical (unpaired) electrons. The number of ether oxygens (including phenoxy) is 1. The molecule has 1 aromatic rings. The molecule has 1 amide bonds. The molecule has 6 heteroatoms. The number of carbonyl (C=O) groups is 1. The van der Waals surface area contributed by atoms with E-state index < -0.39 is 0 Å². The summed E-state index contributed by atoms with van der Waals surface area (Å²) in [4.78, 5) is 17.7. The van der Waals surface area contributed by atoms with Crippen molar-refractivity contribution >= 4 is 41.7 Å². The van der Waals surface area contributed by atoms with Crippen molar-refractivity contribution in [3.63, 3.8) is 0 Å². The van der Waals surface area contributed by atoms with Crippen LogP contribution in [0.15, 0.2) is 18.3 Å². The molecule has 1 unspecified atom stereocenters. The second-order valence-electron chi connectivity index (χ2n) is 3.83. The number of rotatable bonds is 1. The van der Waals surface area contributed by atoms with Gasteiger partial charge in [-0.15, -0.1) is 0 Å². The van der Waals surface area contributed by atoms with E-state index in [0.29, 0.717) is 12.2 Å². The third-order valence-corrected chi connectivity index (χ3v) is 3.35. The van der Waals surface area contributed by atoms with Gasteiger partial charge in [0.1, 0.15) is 12.3 Å². The van der Waals surface area contributed by atoms with E-state index in [1.807, 2.05) is 19.1 Å². The highest BCUT2D eigenvalue weighted by atomic mass is 127. The average Bonchev–Trinajstić information content (AvgIpc) is 2.40. The molecule has 1 aromatic heterocycles. The number of pyridine rings is 1. The van der Waals surface area contributed by atoms with Crippen molar-refractivity contribution in [2.75, 3.05) is 18.1 Å². The molecule has 1 fully saturated rings. The predicted molar refractivity (Wildman–Crippen MR) is 80.5 cm³/mol. The Labute approximate surface area is 122 Å². The van der Waals surface area contributed by atoms with Gasteiger partial charge >= 0.3 is 0 Å². The van der Waals surface area contributed by atoms with E-state index in [2.05, 4.69) is 37.4 Å². The van der Waals surface area contributed by atoms with Crippen molar-refractivity contribution in [2.24, 2.45) is 0 Å². The number of aromatic nitrogens is 1. The first kappa shape index (κ1) is 13.6. The molecule has 0 saturated carbocycles. The molecular weight excluding hydrogens is 363 g/mol. The van der Waals surface area contributed by atoms with Gasteiger partial charge in [0.25, 0.3) is 5.91 Å². The summed E-state index contributed by atoms with van der Waals surface area (Å²) in [5, 5.41) is 2.87. The lowest BCUT2D eigenvalue weighted by atomic mass is 10.2. The van der Waals surface area contributed by atoms with Gasteiger partial charge < -0.3 is 9.64 Å². The standard InChI is InChI=1S/C12H11IN2O2S/c1-9-7-15(12(16)8-17-9)11-3-2-10(14-6-11)4-5-18-13/h2-3,6,9H,7-8H2,1H3. The number of hydrogen-bond donors (Lipinski definition) is 0. The van der Waals surface area contributed by atoms with Crippen LogP contribution in [-0.2, 0) is 9.53 Å². The maximum absolute atomic E-state index is 11.7. The van der Waals surface area contributed by atoms with Crippen LogP contribution in [0.4, 0.5) is 5.69 Å². The van der Waals surface area contributed by atoms with Crippen LogP contribution in [0, 0.1) is 11.2 Å². The third-order valence-electron chi connectivity index (χ3n) is 2.51.